The zero-order valence-electron chi connectivity index (χ0n) is 16.7. The summed E-state index contributed by atoms with van der Waals surface area (Å²) in [6, 6.07) is 10.2. The van der Waals surface area contributed by atoms with Crippen molar-refractivity contribution in [2.45, 2.75) is 45.3 Å². The van der Waals surface area contributed by atoms with Gasteiger partial charge in [-0.15, -0.1) is 0 Å². The molecule has 0 bridgehead atoms. The molecular weight excluding hydrogens is 372 g/mol. The van der Waals surface area contributed by atoms with Gasteiger partial charge in [0.2, 0.25) is 5.91 Å². The summed E-state index contributed by atoms with van der Waals surface area (Å²) in [7, 11) is 0. The van der Waals surface area contributed by atoms with Gasteiger partial charge in [-0.3, -0.25) is 9.59 Å². The molecule has 0 unspecified atom stereocenters. The number of carbonyl (C=O) groups excluding carboxylic acids is 2. The molecule has 1 aromatic heterocycles. The highest BCUT2D eigenvalue weighted by Crippen LogP contribution is 2.31. The lowest BCUT2D eigenvalue weighted by Crippen LogP contribution is -2.62. The number of nitrogens with one attached hydrogen (secondary N) is 1. The van der Waals surface area contributed by atoms with E-state index in [1.807, 2.05) is 44.4 Å². The van der Waals surface area contributed by atoms with Crippen molar-refractivity contribution < 1.29 is 14.3 Å². The van der Waals surface area contributed by atoms with E-state index >= 15 is 0 Å². The summed E-state index contributed by atoms with van der Waals surface area (Å²) < 4.78 is 6.13. The normalized spacial score (nSPS) is 19.6. The second-order valence-electron chi connectivity index (χ2n) is 7.49. The van der Waals surface area contributed by atoms with Crippen molar-refractivity contribution in [2.75, 3.05) is 19.7 Å². The van der Waals surface area contributed by atoms with E-state index in [0.29, 0.717) is 26.0 Å². The molecule has 6 heteroatoms. The van der Waals surface area contributed by atoms with Crippen LogP contribution in [0.15, 0.2) is 41.1 Å². The number of benzene rings is 1. The number of rotatable bonds is 6. The number of carbonyl (C=O) groups is 2. The van der Waals surface area contributed by atoms with Gasteiger partial charge in [0.05, 0.1) is 13.2 Å². The SMILES string of the molecule is CCC(=O)N1CCO[C@@](Cc2ccccc2-c2ccsc2)(C(=O)NC(C)C)C1. The zero-order chi connectivity index (χ0) is 20.1. The summed E-state index contributed by atoms with van der Waals surface area (Å²) in [5.74, 6) is -0.104. The van der Waals surface area contributed by atoms with Crippen molar-refractivity contribution >= 4 is 23.2 Å². The van der Waals surface area contributed by atoms with Crippen molar-refractivity contribution in [1.82, 2.24) is 10.2 Å². The molecule has 3 rings (SSSR count). The Labute approximate surface area is 170 Å². The van der Waals surface area contributed by atoms with Crippen LogP contribution in [0.2, 0.25) is 0 Å². The molecule has 2 heterocycles. The molecule has 0 saturated carbocycles. The molecule has 0 aliphatic carbocycles. The summed E-state index contributed by atoms with van der Waals surface area (Å²) in [4.78, 5) is 27.3. The fourth-order valence-electron chi connectivity index (χ4n) is 3.62. The number of ether oxygens (including phenoxy) is 1. The first-order valence-corrected chi connectivity index (χ1v) is 10.7. The summed E-state index contributed by atoms with van der Waals surface area (Å²) in [5, 5.41) is 7.16. The number of hydrogen-bond donors (Lipinski definition) is 1. The monoisotopic (exact) mass is 400 g/mol. The highest BCUT2D eigenvalue weighted by molar-refractivity contribution is 7.08. The molecule has 5 nitrogen and oxygen atoms in total. The second kappa shape index (κ2) is 8.88. The molecule has 1 atom stereocenters. The van der Waals surface area contributed by atoms with Crippen LogP contribution >= 0.6 is 11.3 Å². The molecule has 1 saturated heterocycles. The Morgan fingerprint density at radius 2 is 2.07 bits per heavy atom. The predicted octanol–water partition coefficient (Wildman–Crippen LogP) is 3.49. The third-order valence-corrected chi connectivity index (χ3v) is 5.68. The van der Waals surface area contributed by atoms with E-state index < -0.39 is 5.60 Å². The average molecular weight is 401 g/mol. The number of morpholine rings is 1. The number of thiophene rings is 1. The lowest BCUT2D eigenvalue weighted by atomic mass is 9.87. The summed E-state index contributed by atoms with van der Waals surface area (Å²) in [6.45, 7) is 6.87. The van der Waals surface area contributed by atoms with Crippen LogP contribution < -0.4 is 5.32 Å². The molecule has 0 spiro atoms. The van der Waals surface area contributed by atoms with E-state index in [-0.39, 0.29) is 24.4 Å². The fourth-order valence-corrected chi connectivity index (χ4v) is 4.28. The van der Waals surface area contributed by atoms with Crippen LogP contribution in [0.1, 0.15) is 32.8 Å². The number of nitrogens with zero attached hydrogens (tertiary/aromatic N) is 1. The first kappa shape index (κ1) is 20.6. The van der Waals surface area contributed by atoms with Gasteiger partial charge in [0.25, 0.3) is 5.91 Å². The third-order valence-electron chi connectivity index (χ3n) is 5.00. The van der Waals surface area contributed by atoms with E-state index in [2.05, 4.69) is 22.8 Å². The van der Waals surface area contributed by atoms with Gasteiger partial charge in [0.15, 0.2) is 5.60 Å². The van der Waals surface area contributed by atoms with E-state index in [1.165, 1.54) is 0 Å². The lowest BCUT2D eigenvalue weighted by molar-refractivity contribution is -0.166. The fraction of sp³-hybridized carbons (Fsp3) is 0.455. The Morgan fingerprint density at radius 1 is 1.29 bits per heavy atom. The van der Waals surface area contributed by atoms with Gasteiger partial charge in [0.1, 0.15) is 0 Å². The van der Waals surface area contributed by atoms with Crippen LogP contribution in [0, 0.1) is 0 Å². The standard InChI is InChI=1S/C22H28N2O3S/c1-4-20(25)24-10-11-27-22(15-24,21(26)23-16(2)3)13-17-7-5-6-8-19(17)18-9-12-28-14-18/h5-9,12,14,16H,4,10-11,13,15H2,1-3H3,(H,23,26)/t22-/m1/s1. The summed E-state index contributed by atoms with van der Waals surface area (Å²) in [5.41, 5.74) is 2.20. The van der Waals surface area contributed by atoms with E-state index in [4.69, 9.17) is 4.74 Å². The van der Waals surface area contributed by atoms with Crippen LogP contribution in [0.25, 0.3) is 11.1 Å². The number of amides is 2. The molecule has 2 aromatic rings. The van der Waals surface area contributed by atoms with Gasteiger partial charge < -0.3 is 15.0 Å². The lowest BCUT2D eigenvalue weighted by Gasteiger charge is -2.42. The maximum atomic E-state index is 13.2. The molecule has 1 fully saturated rings. The van der Waals surface area contributed by atoms with Crippen molar-refractivity contribution in [2.24, 2.45) is 0 Å². The Balaban J connectivity index is 1.97. The second-order valence-corrected chi connectivity index (χ2v) is 8.27. The van der Waals surface area contributed by atoms with Gasteiger partial charge >= 0.3 is 0 Å². The Bertz CT molecular complexity index is 819. The predicted molar refractivity (Wildman–Crippen MR) is 112 cm³/mol. The van der Waals surface area contributed by atoms with Crippen LogP contribution in [0.4, 0.5) is 0 Å². The minimum absolute atomic E-state index is 0.00246. The van der Waals surface area contributed by atoms with Gasteiger partial charge in [-0.25, -0.2) is 0 Å². The molecule has 1 aliphatic rings. The van der Waals surface area contributed by atoms with Crippen LogP contribution in [0.3, 0.4) is 0 Å². The van der Waals surface area contributed by atoms with Crippen molar-refractivity contribution in [3.05, 3.63) is 46.7 Å². The topological polar surface area (TPSA) is 58.6 Å². The highest BCUT2D eigenvalue weighted by Gasteiger charge is 2.45. The van der Waals surface area contributed by atoms with Crippen molar-refractivity contribution in [3.63, 3.8) is 0 Å². The first-order valence-electron chi connectivity index (χ1n) is 9.78. The van der Waals surface area contributed by atoms with E-state index in [0.717, 1.165) is 16.7 Å². The summed E-state index contributed by atoms with van der Waals surface area (Å²) >= 11 is 1.65. The highest BCUT2D eigenvalue weighted by atomic mass is 32.1. The first-order chi connectivity index (χ1) is 13.4. The van der Waals surface area contributed by atoms with Crippen LogP contribution in [-0.4, -0.2) is 48.1 Å². The van der Waals surface area contributed by atoms with Gasteiger partial charge in [0, 0.05) is 25.4 Å². The minimum Gasteiger partial charge on any atom is -0.361 e. The van der Waals surface area contributed by atoms with E-state index in [9.17, 15) is 9.59 Å². The maximum absolute atomic E-state index is 13.2. The zero-order valence-corrected chi connectivity index (χ0v) is 17.6. The van der Waals surface area contributed by atoms with Crippen molar-refractivity contribution in [3.8, 4) is 11.1 Å². The third kappa shape index (κ3) is 4.45. The Kier molecular flexibility index (Phi) is 6.52. The molecule has 1 aromatic carbocycles. The van der Waals surface area contributed by atoms with E-state index in [1.54, 1.807) is 16.2 Å². The Morgan fingerprint density at radius 3 is 2.75 bits per heavy atom. The van der Waals surface area contributed by atoms with Gasteiger partial charge in [-0.05, 0) is 47.4 Å². The Hall–Kier alpha value is -2.18. The smallest absolute Gasteiger partial charge is 0.254 e. The average Bonchev–Trinajstić information content (AvgIpc) is 3.22. The quantitative estimate of drug-likeness (QED) is 0.808. The molecular formula is C22H28N2O3S. The van der Waals surface area contributed by atoms with Crippen LogP contribution in [-0.2, 0) is 20.7 Å². The molecule has 0 radical (unpaired) electrons. The number of hydrogen-bond acceptors (Lipinski definition) is 4. The minimum atomic E-state index is -1.08. The largest absolute Gasteiger partial charge is 0.361 e. The van der Waals surface area contributed by atoms with Crippen LogP contribution in [0.5, 0.6) is 0 Å². The van der Waals surface area contributed by atoms with Crippen molar-refractivity contribution in [1.29, 1.82) is 0 Å². The molecule has 28 heavy (non-hydrogen) atoms. The van der Waals surface area contributed by atoms with Gasteiger partial charge in [-0.2, -0.15) is 11.3 Å². The molecule has 150 valence electrons. The molecule has 2 amide bonds. The summed E-state index contributed by atoms with van der Waals surface area (Å²) in [6.07, 6.45) is 0.846. The molecule has 1 N–H and O–H groups in total. The van der Waals surface area contributed by atoms with Gasteiger partial charge in [-0.1, -0.05) is 31.2 Å². The maximum Gasteiger partial charge on any atom is 0.254 e. The molecule has 1 aliphatic heterocycles.